The minimum absolute atomic E-state index is 0.468. The molecule has 0 bridgehead atoms. The summed E-state index contributed by atoms with van der Waals surface area (Å²) >= 11 is 6.21. The third-order valence-electron chi connectivity index (χ3n) is 3.27. The quantitative estimate of drug-likeness (QED) is 0.806. The van der Waals surface area contributed by atoms with E-state index in [0.717, 1.165) is 35.5 Å². The van der Waals surface area contributed by atoms with Crippen molar-refractivity contribution in [2.75, 3.05) is 7.11 Å². The van der Waals surface area contributed by atoms with E-state index in [0.29, 0.717) is 16.8 Å². The Labute approximate surface area is 116 Å². The number of ether oxygens (including phenoxy) is 1. The average Bonchev–Trinajstić information content (AvgIpc) is 3.26. The summed E-state index contributed by atoms with van der Waals surface area (Å²) in [5.41, 5.74) is 2.62. The van der Waals surface area contributed by atoms with Crippen molar-refractivity contribution < 1.29 is 4.74 Å². The SMILES string of the molecule is COc1cncc(-c2nc(C3CC3)nc(Cl)c2C)c1. The fourth-order valence-electron chi connectivity index (χ4n) is 1.97. The number of aromatic nitrogens is 3. The van der Waals surface area contributed by atoms with Gasteiger partial charge >= 0.3 is 0 Å². The maximum absolute atomic E-state index is 6.21. The van der Waals surface area contributed by atoms with Crippen LogP contribution >= 0.6 is 11.6 Å². The molecular weight excluding hydrogens is 262 g/mol. The molecule has 1 saturated carbocycles. The number of methoxy groups -OCH3 is 1. The lowest BCUT2D eigenvalue weighted by Gasteiger charge is -2.09. The highest BCUT2D eigenvalue weighted by Crippen LogP contribution is 2.40. The molecular formula is C14H14ClN3O. The van der Waals surface area contributed by atoms with Crippen molar-refractivity contribution >= 4 is 11.6 Å². The molecule has 19 heavy (non-hydrogen) atoms. The van der Waals surface area contributed by atoms with Gasteiger partial charge < -0.3 is 4.74 Å². The fourth-order valence-corrected chi connectivity index (χ4v) is 2.15. The molecule has 2 aromatic heterocycles. The molecule has 2 heterocycles. The highest BCUT2D eigenvalue weighted by Gasteiger charge is 2.28. The van der Waals surface area contributed by atoms with Crippen LogP contribution in [0.2, 0.25) is 5.15 Å². The summed E-state index contributed by atoms with van der Waals surface area (Å²) < 4.78 is 5.20. The highest BCUT2D eigenvalue weighted by molar-refractivity contribution is 6.30. The van der Waals surface area contributed by atoms with Gasteiger partial charge in [-0.15, -0.1) is 0 Å². The third kappa shape index (κ3) is 2.40. The largest absolute Gasteiger partial charge is 0.495 e. The lowest BCUT2D eigenvalue weighted by atomic mass is 10.1. The molecule has 0 N–H and O–H groups in total. The van der Waals surface area contributed by atoms with Crippen molar-refractivity contribution in [3.05, 3.63) is 35.0 Å². The summed E-state index contributed by atoms with van der Waals surface area (Å²) in [4.78, 5) is 13.2. The third-order valence-corrected chi connectivity index (χ3v) is 3.64. The first-order valence-corrected chi connectivity index (χ1v) is 6.60. The van der Waals surface area contributed by atoms with E-state index in [1.54, 1.807) is 19.5 Å². The van der Waals surface area contributed by atoms with E-state index in [1.807, 2.05) is 13.0 Å². The molecule has 4 nitrogen and oxygen atoms in total. The van der Waals surface area contributed by atoms with E-state index in [2.05, 4.69) is 15.0 Å². The zero-order chi connectivity index (χ0) is 13.4. The summed E-state index contributed by atoms with van der Waals surface area (Å²) in [6.45, 7) is 1.92. The monoisotopic (exact) mass is 275 g/mol. The summed E-state index contributed by atoms with van der Waals surface area (Å²) in [6.07, 6.45) is 5.73. The summed E-state index contributed by atoms with van der Waals surface area (Å²) in [6, 6.07) is 1.91. The van der Waals surface area contributed by atoms with Crippen LogP contribution in [-0.2, 0) is 0 Å². The summed E-state index contributed by atoms with van der Waals surface area (Å²) in [7, 11) is 1.62. The Morgan fingerprint density at radius 3 is 2.74 bits per heavy atom. The van der Waals surface area contributed by atoms with E-state index in [9.17, 15) is 0 Å². The molecule has 0 amide bonds. The number of rotatable bonds is 3. The van der Waals surface area contributed by atoms with Crippen LogP contribution in [0, 0.1) is 6.92 Å². The van der Waals surface area contributed by atoms with E-state index >= 15 is 0 Å². The normalized spacial score (nSPS) is 14.5. The lowest BCUT2D eigenvalue weighted by molar-refractivity contribution is 0.413. The van der Waals surface area contributed by atoms with Crippen molar-refractivity contribution in [1.29, 1.82) is 0 Å². The molecule has 1 aliphatic carbocycles. The maximum atomic E-state index is 6.21. The molecule has 98 valence electrons. The predicted octanol–water partition coefficient (Wildman–Crippen LogP) is 3.39. The van der Waals surface area contributed by atoms with E-state index in [4.69, 9.17) is 16.3 Å². The first-order valence-electron chi connectivity index (χ1n) is 6.22. The Hall–Kier alpha value is -1.68. The molecule has 0 aromatic carbocycles. The van der Waals surface area contributed by atoms with Crippen LogP contribution in [0.1, 0.15) is 30.1 Å². The molecule has 0 spiro atoms. The van der Waals surface area contributed by atoms with Crippen molar-refractivity contribution in [3.63, 3.8) is 0 Å². The summed E-state index contributed by atoms with van der Waals surface area (Å²) in [5, 5.41) is 0.523. The Bertz CT molecular complexity index is 626. The van der Waals surface area contributed by atoms with E-state index in [1.165, 1.54) is 0 Å². The predicted molar refractivity (Wildman–Crippen MR) is 73.5 cm³/mol. The minimum Gasteiger partial charge on any atom is -0.495 e. The van der Waals surface area contributed by atoms with Gasteiger partial charge in [-0.1, -0.05) is 11.6 Å². The zero-order valence-corrected chi connectivity index (χ0v) is 11.6. The molecule has 0 atom stereocenters. The molecule has 0 aliphatic heterocycles. The van der Waals surface area contributed by atoms with Crippen LogP contribution < -0.4 is 4.74 Å². The van der Waals surface area contributed by atoms with Gasteiger partial charge in [0.1, 0.15) is 16.7 Å². The van der Waals surface area contributed by atoms with Crippen molar-refractivity contribution in [3.8, 4) is 17.0 Å². The average molecular weight is 276 g/mol. The number of hydrogen-bond acceptors (Lipinski definition) is 4. The van der Waals surface area contributed by atoms with Gasteiger partial charge in [0.15, 0.2) is 0 Å². The van der Waals surface area contributed by atoms with Crippen LogP contribution in [-0.4, -0.2) is 22.1 Å². The lowest BCUT2D eigenvalue weighted by Crippen LogP contribution is -2.00. The number of pyridine rings is 1. The van der Waals surface area contributed by atoms with Crippen LogP contribution in [0.4, 0.5) is 0 Å². The molecule has 0 unspecified atom stereocenters. The first-order chi connectivity index (χ1) is 9.19. The standard InChI is InChI=1S/C14H14ClN3O/c1-8-12(10-5-11(19-2)7-16-6-10)17-14(9-3-4-9)18-13(8)15/h5-7,9H,3-4H2,1-2H3. The Morgan fingerprint density at radius 1 is 1.26 bits per heavy atom. The van der Waals surface area contributed by atoms with Gasteiger partial charge in [0.05, 0.1) is 19.0 Å². The van der Waals surface area contributed by atoms with Crippen molar-refractivity contribution in [2.24, 2.45) is 0 Å². The number of nitrogens with zero attached hydrogens (tertiary/aromatic N) is 3. The van der Waals surface area contributed by atoms with E-state index in [-0.39, 0.29) is 0 Å². The Kier molecular flexibility index (Phi) is 3.11. The molecule has 3 rings (SSSR count). The Balaban J connectivity index is 2.11. The number of halogens is 1. The Morgan fingerprint density at radius 2 is 2.05 bits per heavy atom. The minimum atomic E-state index is 0.468. The van der Waals surface area contributed by atoms with Gasteiger partial charge in [-0.25, -0.2) is 9.97 Å². The summed E-state index contributed by atoms with van der Waals surface area (Å²) in [5.74, 6) is 2.02. The molecule has 0 radical (unpaired) electrons. The second kappa shape index (κ2) is 4.78. The fraction of sp³-hybridized carbons (Fsp3) is 0.357. The van der Waals surface area contributed by atoms with Crippen molar-refractivity contribution in [2.45, 2.75) is 25.7 Å². The molecule has 0 saturated heterocycles. The van der Waals surface area contributed by atoms with Crippen LogP contribution in [0.3, 0.4) is 0 Å². The van der Waals surface area contributed by atoms with Gasteiger partial charge in [0.2, 0.25) is 0 Å². The van der Waals surface area contributed by atoms with Gasteiger partial charge in [-0.05, 0) is 25.8 Å². The molecule has 1 aliphatic rings. The van der Waals surface area contributed by atoms with Crippen molar-refractivity contribution in [1.82, 2.24) is 15.0 Å². The van der Waals surface area contributed by atoms with Gasteiger partial charge in [0.25, 0.3) is 0 Å². The van der Waals surface area contributed by atoms with Gasteiger partial charge in [-0.2, -0.15) is 0 Å². The van der Waals surface area contributed by atoms with Gasteiger partial charge in [0, 0.05) is 23.2 Å². The smallest absolute Gasteiger partial charge is 0.137 e. The second-order valence-electron chi connectivity index (χ2n) is 4.73. The van der Waals surface area contributed by atoms with E-state index < -0.39 is 0 Å². The highest BCUT2D eigenvalue weighted by atomic mass is 35.5. The maximum Gasteiger partial charge on any atom is 0.137 e. The topological polar surface area (TPSA) is 47.9 Å². The van der Waals surface area contributed by atoms with Crippen LogP contribution in [0.5, 0.6) is 5.75 Å². The number of hydrogen-bond donors (Lipinski definition) is 0. The zero-order valence-electron chi connectivity index (χ0n) is 10.9. The first kappa shape index (κ1) is 12.4. The van der Waals surface area contributed by atoms with Crippen LogP contribution in [0.25, 0.3) is 11.3 Å². The molecule has 1 fully saturated rings. The van der Waals surface area contributed by atoms with Crippen LogP contribution in [0.15, 0.2) is 18.5 Å². The molecule has 5 heteroatoms. The second-order valence-corrected chi connectivity index (χ2v) is 5.09. The molecule has 2 aromatic rings. The van der Waals surface area contributed by atoms with Gasteiger partial charge in [-0.3, -0.25) is 4.98 Å².